The fraction of sp³-hybridized carbons (Fsp3) is 0.222. The Morgan fingerprint density at radius 3 is 2.57 bits per heavy atom. The second-order valence-electron chi connectivity index (χ2n) is 5.56. The zero-order valence-corrected chi connectivity index (χ0v) is 14.3. The molecule has 1 heterocycles. The summed E-state index contributed by atoms with van der Waals surface area (Å²) in [4.78, 5) is 27.0. The Morgan fingerprint density at radius 2 is 1.87 bits per heavy atom. The van der Waals surface area contributed by atoms with Crippen LogP contribution in [0.2, 0.25) is 0 Å². The van der Waals surface area contributed by atoms with Gasteiger partial charge in [0.05, 0.1) is 0 Å². The number of nitrogens with one attached hydrogen (secondary N) is 1. The van der Waals surface area contributed by atoms with E-state index in [1.807, 2.05) is 43.3 Å². The molecule has 1 atom stereocenters. The fourth-order valence-electron chi connectivity index (χ4n) is 2.85. The van der Waals surface area contributed by atoms with Crippen LogP contribution in [-0.2, 0) is 4.79 Å². The van der Waals surface area contributed by atoms with Crippen LogP contribution >= 0.6 is 15.9 Å². The number of rotatable bonds is 2. The van der Waals surface area contributed by atoms with E-state index < -0.39 is 6.04 Å². The molecule has 1 aliphatic rings. The molecule has 5 heteroatoms. The molecule has 0 saturated carbocycles. The number of carbonyl (C=O) groups excluding carboxylic acids is 2. The van der Waals surface area contributed by atoms with E-state index in [0.717, 1.165) is 15.6 Å². The van der Waals surface area contributed by atoms with E-state index in [2.05, 4.69) is 21.2 Å². The first kappa shape index (κ1) is 15.7. The molecule has 0 aliphatic carbocycles. The first-order valence-electron chi connectivity index (χ1n) is 7.47. The molecule has 1 fully saturated rings. The third kappa shape index (κ3) is 3.15. The molecule has 23 heavy (non-hydrogen) atoms. The number of hydrogen-bond donors (Lipinski definition) is 1. The number of amides is 2. The van der Waals surface area contributed by atoms with Gasteiger partial charge < -0.3 is 10.2 Å². The van der Waals surface area contributed by atoms with Crippen molar-refractivity contribution in [2.75, 3.05) is 13.1 Å². The van der Waals surface area contributed by atoms with Crippen LogP contribution in [0.25, 0.3) is 0 Å². The van der Waals surface area contributed by atoms with Crippen LogP contribution in [0.5, 0.6) is 0 Å². The molecule has 2 aromatic carbocycles. The predicted octanol–water partition coefficient (Wildman–Crippen LogP) is 3.07. The Balaban J connectivity index is 1.98. The summed E-state index contributed by atoms with van der Waals surface area (Å²) in [5.41, 5.74) is 2.46. The van der Waals surface area contributed by atoms with E-state index >= 15 is 0 Å². The van der Waals surface area contributed by atoms with Crippen molar-refractivity contribution in [2.45, 2.75) is 13.0 Å². The van der Waals surface area contributed by atoms with Crippen molar-refractivity contribution in [2.24, 2.45) is 0 Å². The minimum absolute atomic E-state index is 0.124. The van der Waals surface area contributed by atoms with E-state index in [0.29, 0.717) is 18.7 Å². The van der Waals surface area contributed by atoms with Crippen molar-refractivity contribution in [3.05, 3.63) is 69.7 Å². The standard InChI is InChI=1S/C18H17BrN2O2/c1-12-4-2-3-5-15(12)16-17(22)20-10-11-21(16)18(23)13-6-8-14(19)9-7-13/h2-9,16H,10-11H2,1H3,(H,20,22). The van der Waals surface area contributed by atoms with Crippen molar-refractivity contribution in [1.82, 2.24) is 10.2 Å². The molecule has 1 N–H and O–H groups in total. The highest BCUT2D eigenvalue weighted by Crippen LogP contribution is 2.27. The molecule has 0 aromatic heterocycles. The van der Waals surface area contributed by atoms with Gasteiger partial charge in [0.25, 0.3) is 5.91 Å². The van der Waals surface area contributed by atoms with E-state index in [9.17, 15) is 9.59 Å². The summed E-state index contributed by atoms with van der Waals surface area (Å²) in [5, 5.41) is 2.86. The zero-order chi connectivity index (χ0) is 16.4. The smallest absolute Gasteiger partial charge is 0.254 e. The lowest BCUT2D eigenvalue weighted by atomic mass is 9.97. The number of nitrogens with zero attached hydrogens (tertiary/aromatic N) is 1. The van der Waals surface area contributed by atoms with Crippen LogP contribution in [0.3, 0.4) is 0 Å². The van der Waals surface area contributed by atoms with E-state index in [1.165, 1.54) is 0 Å². The van der Waals surface area contributed by atoms with Crippen molar-refractivity contribution >= 4 is 27.7 Å². The SMILES string of the molecule is Cc1ccccc1C1C(=O)NCCN1C(=O)c1ccc(Br)cc1. The van der Waals surface area contributed by atoms with Crippen LogP contribution < -0.4 is 5.32 Å². The van der Waals surface area contributed by atoms with Crippen LogP contribution in [0, 0.1) is 6.92 Å². The molecular weight excluding hydrogens is 356 g/mol. The summed E-state index contributed by atoms with van der Waals surface area (Å²) in [6, 6.07) is 14.3. The summed E-state index contributed by atoms with van der Waals surface area (Å²) in [6.07, 6.45) is 0. The number of carbonyl (C=O) groups is 2. The predicted molar refractivity (Wildman–Crippen MR) is 92.1 cm³/mol. The average molecular weight is 373 g/mol. The van der Waals surface area contributed by atoms with E-state index in [1.54, 1.807) is 17.0 Å². The van der Waals surface area contributed by atoms with Crippen LogP contribution in [-0.4, -0.2) is 29.8 Å². The third-order valence-corrected chi connectivity index (χ3v) is 4.58. The molecule has 118 valence electrons. The minimum Gasteiger partial charge on any atom is -0.352 e. The Kier molecular flexibility index (Phi) is 4.48. The molecule has 1 aliphatic heterocycles. The van der Waals surface area contributed by atoms with E-state index in [4.69, 9.17) is 0 Å². The lowest BCUT2D eigenvalue weighted by Gasteiger charge is -2.36. The average Bonchev–Trinajstić information content (AvgIpc) is 2.56. The first-order chi connectivity index (χ1) is 11.1. The molecule has 3 rings (SSSR count). The summed E-state index contributed by atoms with van der Waals surface area (Å²) in [7, 11) is 0. The van der Waals surface area contributed by atoms with Crippen molar-refractivity contribution in [1.29, 1.82) is 0 Å². The quantitative estimate of drug-likeness (QED) is 0.880. The second kappa shape index (κ2) is 6.54. The first-order valence-corrected chi connectivity index (χ1v) is 8.27. The van der Waals surface area contributed by atoms with Crippen LogP contribution in [0.4, 0.5) is 0 Å². The molecule has 1 saturated heterocycles. The molecule has 2 aromatic rings. The summed E-state index contributed by atoms with van der Waals surface area (Å²) < 4.78 is 0.917. The van der Waals surface area contributed by atoms with Gasteiger partial charge in [-0.2, -0.15) is 0 Å². The highest BCUT2D eigenvalue weighted by atomic mass is 79.9. The van der Waals surface area contributed by atoms with Gasteiger partial charge in [0.2, 0.25) is 5.91 Å². The fourth-order valence-corrected chi connectivity index (χ4v) is 3.11. The van der Waals surface area contributed by atoms with Gasteiger partial charge in [-0.1, -0.05) is 40.2 Å². The maximum atomic E-state index is 12.9. The molecular formula is C18H17BrN2O2. The van der Waals surface area contributed by atoms with Gasteiger partial charge in [-0.15, -0.1) is 0 Å². The monoisotopic (exact) mass is 372 g/mol. The third-order valence-electron chi connectivity index (χ3n) is 4.05. The molecule has 0 radical (unpaired) electrons. The normalized spacial score (nSPS) is 17.7. The molecule has 0 spiro atoms. The van der Waals surface area contributed by atoms with Crippen molar-refractivity contribution in [3.8, 4) is 0 Å². The Morgan fingerprint density at radius 1 is 1.17 bits per heavy atom. The van der Waals surface area contributed by atoms with Gasteiger partial charge in [0.15, 0.2) is 0 Å². The lowest BCUT2D eigenvalue weighted by molar-refractivity contribution is -0.128. The van der Waals surface area contributed by atoms with Crippen molar-refractivity contribution < 1.29 is 9.59 Å². The van der Waals surface area contributed by atoms with Gasteiger partial charge in [0.1, 0.15) is 6.04 Å². The van der Waals surface area contributed by atoms with Crippen molar-refractivity contribution in [3.63, 3.8) is 0 Å². The number of aryl methyl sites for hydroxylation is 1. The van der Waals surface area contributed by atoms with Gasteiger partial charge >= 0.3 is 0 Å². The summed E-state index contributed by atoms with van der Waals surface area (Å²) >= 11 is 3.37. The number of halogens is 1. The number of hydrogen-bond acceptors (Lipinski definition) is 2. The summed E-state index contributed by atoms with van der Waals surface area (Å²) in [6.45, 7) is 2.93. The highest BCUT2D eigenvalue weighted by Gasteiger charge is 2.35. The minimum atomic E-state index is -0.582. The largest absolute Gasteiger partial charge is 0.352 e. The zero-order valence-electron chi connectivity index (χ0n) is 12.8. The van der Waals surface area contributed by atoms with Crippen LogP contribution in [0.15, 0.2) is 53.0 Å². The maximum absolute atomic E-state index is 12.9. The lowest BCUT2D eigenvalue weighted by Crippen LogP contribution is -2.52. The van der Waals surface area contributed by atoms with Gasteiger partial charge in [0, 0.05) is 23.1 Å². The maximum Gasteiger partial charge on any atom is 0.254 e. The summed E-state index contributed by atoms with van der Waals surface area (Å²) in [5.74, 6) is -0.253. The number of benzene rings is 2. The molecule has 4 nitrogen and oxygen atoms in total. The number of piperazine rings is 1. The molecule has 2 amide bonds. The Hall–Kier alpha value is -2.14. The van der Waals surface area contributed by atoms with Gasteiger partial charge in [-0.25, -0.2) is 0 Å². The topological polar surface area (TPSA) is 49.4 Å². The Bertz CT molecular complexity index is 743. The second-order valence-corrected chi connectivity index (χ2v) is 6.47. The highest BCUT2D eigenvalue weighted by molar-refractivity contribution is 9.10. The van der Waals surface area contributed by atoms with Gasteiger partial charge in [-0.05, 0) is 42.3 Å². The molecule has 1 unspecified atom stereocenters. The Labute approximate surface area is 143 Å². The van der Waals surface area contributed by atoms with Crippen LogP contribution in [0.1, 0.15) is 27.5 Å². The molecule has 0 bridgehead atoms. The van der Waals surface area contributed by atoms with Gasteiger partial charge in [-0.3, -0.25) is 9.59 Å². The van der Waals surface area contributed by atoms with E-state index in [-0.39, 0.29) is 11.8 Å².